The third kappa shape index (κ3) is 3.29. The molecule has 0 unspecified atom stereocenters. The lowest BCUT2D eigenvalue weighted by atomic mass is 10.2. The fourth-order valence-electron chi connectivity index (χ4n) is 1.37. The maximum absolute atomic E-state index is 5.99. The number of hydrogen-bond donors (Lipinski definition) is 1. The summed E-state index contributed by atoms with van der Waals surface area (Å²) in [5, 5.41) is 1.25. The Morgan fingerprint density at radius 1 is 1.00 bits per heavy atom. The molecule has 2 aromatic rings. The van der Waals surface area contributed by atoms with E-state index in [1.54, 1.807) is 18.2 Å². The molecule has 0 saturated heterocycles. The van der Waals surface area contributed by atoms with Crippen molar-refractivity contribution in [2.24, 2.45) is 0 Å². The Labute approximate surface area is 110 Å². The van der Waals surface area contributed by atoms with Crippen molar-refractivity contribution in [1.29, 1.82) is 0 Å². The zero-order valence-corrected chi connectivity index (χ0v) is 10.5. The average molecular weight is 268 g/mol. The molecule has 88 valence electrons. The van der Waals surface area contributed by atoms with E-state index in [9.17, 15) is 0 Å². The van der Waals surface area contributed by atoms with Crippen LogP contribution in [0.3, 0.4) is 0 Å². The van der Waals surface area contributed by atoms with Crippen LogP contribution in [0, 0.1) is 0 Å². The molecule has 0 heterocycles. The number of nitrogens with two attached hydrogens (primary N) is 1. The van der Waals surface area contributed by atoms with Crippen LogP contribution in [-0.4, -0.2) is 0 Å². The quantitative estimate of drug-likeness (QED) is 0.848. The highest BCUT2D eigenvalue weighted by molar-refractivity contribution is 6.32. The molecule has 0 fully saturated rings. The Bertz CT molecular complexity index is 511. The van der Waals surface area contributed by atoms with Gasteiger partial charge in [-0.2, -0.15) is 0 Å². The van der Waals surface area contributed by atoms with Crippen LogP contribution in [0.1, 0.15) is 5.56 Å². The third-order valence-electron chi connectivity index (χ3n) is 2.26. The number of nitrogen functional groups attached to an aromatic ring is 1. The molecule has 0 amide bonds. The number of hydrogen-bond acceptors (Lipinski definition) is 2. The average Bonchev–Trinajstić information content (AvgIpc) is 2.32. The van der Waals surface area contributed by atoms with Gasteiger partial charge in [0.05, 0.1) is 5.02 Å². The first-order valence-electron chi connectivity index (χ1n) is 5.07. The van der Waals surface area contributed by atoms with E-state index >= 15 is 0 Å². The van der Waals surface area contributed by atoms with Crippen molar-refractivity contribution in [2.75, 3.05) is 5.73 Å². The molecule has 0 aliphatic carbocycles. The molecule has 0 radical (unpaired) electrons. The van der Waals surface area contributed by atoms with Gasteiger partial charge in [-0.1, -0.05) is 35.3 Å². The summed E-state index contributed by atoms with van der Waals surface area (Å²) < 4.78 is 5.59. The van der Waals surface area contributed by atoms with Crippen molar-refractivity contribution in [3.63, 3.8) is 0 Å². The summed E-state index contributed by atoms with van der Waals surface area (Å²) in [6.45, 7) is 0.431. The minimum Gasteiger partial charge on any atom is -0.487 e. The number of halogens is 2. The van der Waals surface area contributed by atoms with Crippen LogP contribution >= 0.6 is 23.2 Å². The molecule has 0 aliphatic heterocycles. The fourth-order valence-corrected chi connectivity index (χ4v) is 1.67. The molecular formula is C13H11Cl2NO. The van der Waals surface area contributed by atoms with E-state index in [1.165, 1.54) is 0 Å². The smallest absolute Gasteiger partial charge is 0.140 e. The Kier molecular flexibility index (Phi) is 3.77. The van der Waals surface area contributed by atoms with Gasteiger partial charge >= 0.3 is 0 Å². The summed E-state index contributed by atoms with van der Waals surface area (Å²) in [5.74, 6) is 0.585. The Hall–Kier alpha value is -1.38. The van der Waals surface area contributed by atoms with Gasteiger partial charge in [-0.3, -0.25) is 0 Å². The molecular weight excluding hydrogens is 257 g/mol. The summed E-state index contributed by atoms with van der Waals surface area (Å²) in [6.07, 6.45) is 0. The highest BCUT2D eigenvalue weighted by Gasteiger charge is 2.02. The fraction of sp³-hybridized carbons (Fsp3) is 0.0769. The Balaban J connectivity index is 2.07. The maximum atomic E-state index is 5.99. The molecule has 17 heavy (non-hydrogen) atoms. The van der Waals surface area contributed by atoms with E-state index in [0.29, 0.717) is 28.1 Å². The topological polar surface area (TPSA) is 35.2 Å². The normalized spacial score (nSPS) is 10.2. The van der Waals surface area contributed by atoms with Gasteiger partial charge in [0, 0.05) is 16.8 Å². The SMILES string of the molecule is Nc1ccc(Cl)c(OCc2ccc(Cl)cc2)c1. The summed E-state index contributed by atoms with van der Waals surface area (Å²) in [5.41, 5.74) is 7.31. The molecule has 0 saturated carbocycles. The lowest BCUT2D eigenvalue weighted by Gasteiger charge is -2.08. The van der Waals surface area contributed by atoms with Crippen molar-refractivity contribution in [2.45, 2.75) is 6.61 Å². The molecule has 4 heteroatoms. The summed E-state index contributed by atoms with van der Waals surface area (Å²) in [7, 11) is 0. The molecule has 0 bridgehead atoms. The maximum Gasteiger partial charge on any atom is 0.140 e. The predicted octanol–water partition coefficient (Wildman–Crippen LogP) is 4.15. The highest BCUT2D eigenvalue weighted by Crippen LogP contribution is 2.27. The minimum absolute atomic E-state index is 0.431. The third-order valence-corrected chi connectivity index (χ3v) is 2.83. The molecule has 0 atom stereocenters. The van der Waals surface area contributed by atoms with E-state index in [-0.39, 0.29) is 0 Å². The monoisotopic (exact) mass is 267 g/mol. The van der Waals surface area contributed by atoms with Gasteiger partial charge in [-0.15, -0.1) is 0 Å². The van der Waals surface area contributed by atoms with Gasteiger partial charge in [0.1, 0.15) is 12.4 Å². The molecule has 0 spiro atoms. The summed E-state index contributed by atoms with van der Waals surface area (Å²) in [6, 6.07) is 12.6. The van der Waals surface area contributed by atoms with Gasteiger partial charge in [0.15, 0.2) is 0 Å². The van der Waals surface area contributed by atoms with Gasteiger partial charge in [0.2, 0.25) is 0 Å². The van der Waals surface area contributed by atoms with E-state index < -0.39 is 0 Å². The van der Waals surface area contributed by atoms with Crippen LogP contribution in [0.25, 0.3) is 0 Å². The van der Waals surface area contributed by atoms with Crippen molar-refractivity contribution >= 4 is 28.9 Å². The van der Waals surface area contributed by atoms with Gasteiger partial charge in [-0.25, -0.2) is 0 Å². The van der Waals surface area contributed by atoms with Crippen LogP contribution in [0.15, 0.2) is 42.5 Å². The van der Waals surface area contributed by atoms with Crippen LogP contribution in [0.5, 0.6) is 5.75 Å². The second-order valence-electron chi connectivity index (χ2n) is 3.61. The van der Waals surface area contributed by atoms with Crippen molar-refractivity contribution < 1.29 is 4.74 Å². The van der Waals surface area contributed by atoms with Gasteiger partial charge < -0.3 is 10.5 Å². The standard InChI is InChI=1S/C13H11Cl2NO/c14-10-3-1-9(2-4-10)8-17-13-7-11(16)5-6-12(13)15/h1-7H,8,16H2. The van der Waals surface area contributed by atoms with E-state index in [4.69, 9.17) is 33.7 Å². The zero-order chi connectivity index (χ0) is 12.3. The molecule has 2 nitrogen and oxygen atoms in total. The second kappa shape index (κ2) is 5.30. The molecule has 2 aromatic carbocycles. The van der Waals surface area contributed by atoms with E-state index in [2.05, 4.69) is 0 Å². The van der Waals surface area contributed by atoms with Crippen LogP contribution in [-0.2, 0) is 6.61 Å². The number of anilines is 1. The number of ether oxygens (including phenoxy) is 1. The first kappa shape index (κ1) is 12.1. The lowest BCUT2D eigenvalue weighted by Crippen LogP contribution is -1.96. The number of rotatable bonds is 3. The number of benzene rings is 2. The van der Waals surface area contributed by atoms with Crippen molar-refractivity contribution in [3.8, 4) is 5.75 Å². The van der Waals surface area contributed by atoms with Gasteiger partial charge in [-0.05, 0) is 29.8 Å². The minimum atomic E-state index is 0.431. The summed E-state index contributed by atoms with van der Waals surface area (Å²) in [4.78, 5) is 0. The van der Waals surface area contributed by atoms with Crippen LogP contribution in [0.4, 0.5) is 5.69 Å². The van der Waals surface area contributed by atoms with Gasteiger partial charge in [0.25, 0.3) is 0 Å². The first-order chi connectivity index (χ1) is 8.15. The molecule has 2 N–H and O–H groups in total. The summed E-state index contributed by atoms with van der Waals surface area (Å²) >= 11 is 11.8. The first-order valence-corrected chi connectivity index (χ1v) is 5.83. The van der Waals surface area contributed by atoms with Crippen LogP contribution < -0.4 is 10.5 Å². The Morgan fingerprint density at radius 2 is 1.71 bits per heavy atom. The molecule has 0 aliphatic rings. The zero-order valence-electron chi connectivity index (χ0n) is 8.99. The molecule has 2 rings (SSSR count). The predicted molar refractivity (Wildman–Crippen MR) is 71.6 cm³/mol. The van der Waals surface area contributed by atoms with Crippen LogP contribution in [0.2, 0.25) is 10.0 Å². The Morgan fingerprint density at radius 3 is 2.41 bits per heavy atom. The van der Waals surface area contributed by atoms with E-state index in [0.717, 1.165) is 5.56 Å². The highest BCUT2D eigenvalue weighted by atomic mass is 35.5. The largest absolute Gasteiger partial charge is 0.487 e. The molecule has 0 aromatic heterocycles. The second-order valence-corrected chi connectivity index (χ2v) is 4.45. The van der Waals surface area contributed by atoms with Crippen molar-refractivity contribution in [1.82, 2.24) is 0 Å². The lowest BCUT2D eigenvalue weighted by molar-refractivity contribution is 0.306. The van der Waals surface area contributed by atoms with Crippen molar-refractivity contribution in [3.05, 3.63) is 58.1 Å². The van der Waals surface area contributed by atoms with E-state index in [1.807, 2.05) is 24.3 Å².